The fraction of sp³-hybridized carbons (Fsp3) is 0.490. The van der Waals surface area contributed by atoms with Crippen molar-refractivity contribution >= 4 is 129 Å². The van der Waals surface area contributed by atoms with E-state index in [0.717, 1.165) is 51.2 Å². The van der Waals surface area contributed by atoms with Crippen molar-refractivity contribution in [3.8, 4) is 0 Å². The molecule has 15 amide bonds. The molecule has 0 aliphatic carbocycles. The Morgan fingerprint density at radius 3 is 1.08 bits per heavy atom. The molecule has 0 unspecified atom stereocenters. The van der Waals surface area contributed by atoms with E-state index in [0.29, 0.717) is 15.2 Å². The van der Waals surface area contributed by atoms with E-state index in [1.807, 2.05) is 0 Å². The van der Waals surface area contributed by atoms with Crippen LogP contribution in [0.4, 0.5) is 0 Å². The molecular weight excluding hydrogens is 1200 g/mol. The van der Waals surface area contributed by atoms with Gasteiger partial charge < -0.3 is 35.2 Å². The summed E-state index contributed by atoms with van der Waals surface area (Å²) in [6.07, 6.45) is 6.71. The molecule has 3 fully saturated rings. The van der Waals surface area contributed by atoms with Crippen LogP contribution in [0.2, 0.25) is 0 Å². The number of hydroxylamine groups is 6. The fourth-order valence-corrected chi connectivity index (χ4v) is 7.40. The predicted molar refractivity (Wildman–Crippen MR) is 279 cm³/mol. The number of carbonyl (C=O) groups excluding carboxylic acids is 20. The maximum atomic E-state index is 11.9. The first kappa shape index (κ1) is 72.1. The summed E-state index contributed by atoms with van der Waals surface area (Å²) < 4.78 is 30.5. The highest BCUT2D eigenvalue weighted by molar-refractivity contribution is 7.59. The van der Waals surface area contributed by atoms with Gasteiger partial charge in [-0.05, 0) is 19.3 Å². The van der Waals surface area contributed by atoms with Crippen molar-refractivity contribution in [3.63, 3.8) is 0 Å². The topological polar surface area (TPSA) is 485 Å². The molecule has 6 heterocycles. The number of nitrogens with one attached hydrogen (secondary N) is 3. The summed E-state index contributed by atoms with van der Waals surface area (Å²) in [5.74, 6) is -10.4. The lowest BCUT2D eigenvalue weighted by molar-refractivity contribution is -0.198. The van der Waals surface area contributed by atoms with Crippen LogP contribution in [-0.4, -0.2) is 213 Å². The lowest BCUT2D eigenvalue weighted by atomic mass is 10.1. The zero-order valence-electron chi connectivity index (χ0n) is 46.8. The lowest BCUT2D eigenvalue weighted by Crippen LogP contribution is -2.35. The van der Waals surface area contributed by atoms with Gasteiger partial charge in [0.25, 0.3) is 70.9 Å². The number of Topliss-reactive ketones (excluding diaryl/α,β-unsaturated/α-hetero) is 2. The van der Waals surface area contributed by atoms with E-state index in [4.69, 9.17) is 17.4 Å². The first-order valence-electron chi connectivity index (χ1n) is 26.7. The number of hydrogen-bond donors (Lipinski definition) is 3. The number of nitrogens with zero attached hydrogens (tertiary/aromatic N) is 6. The summed E-state index contributed by atoms with van der Waals surface area (Å²) in [5, 5.41) is 8.68. The predicted octanol–water partition coefficient (Wildman–Crippen LogP) is -4.65. The molecule has 0 aromatic heterocycles. The molecule has 0 aromatic rings. The van der Waals surface area contributed by atoms with Crippen molar-refractivity contribution in [1.82, 2.24) is 45.8 Å². The molecule has 88 heavy (non-hydrogen) atoms. The Morgan fingerprint density at radius 1 is 0.364 bits per heavy atom. The van der Waals surface area contributed by atoms with Gasteiger partial charge >= 0.3 is 28.5 Å². The number of rotatable bonds is 31. The maximum absolute atomic E-state index is 11.9. The van der Waals surface area contributed by atoms with Gasteiger partial charge in [0.15, 0.2) is 11.6 Å². The maximum Gasteiger partial charge on any atom is 0.425 e. The molecule has 3 saturated heterocycles. The van der Waals surface area contributed by atoms with Crippen LogP contribution >= 0.6 is 0 Å². The molecule has 6 aliphatic rings. The van der Waals surface area contributed by atoms with Gasteiger partial charge in [-0.3, -0.25) is 96.2 Å². The minimum absolute atomic E-state index is 0.00284. The number of hydrogen-bond acceptors (Lipinski definition) is 27. The summed E-state index contributed by atoms with van der Waals surface area (Å²) in [4.78, 5) is 246. The van der Waals surface area contributed by atoms with Crippen molar-refractivity contribution < 1.29 is 128 Å². The Labute approximate surface area is 499 Å². The number of ether oxygens (including phenoxy) is 1. The van der Waals surface area contributed by atoms with Crippen molar-refractivity contribution in [1.29, 1.82) is 0 Å². The van der Waals surface area contributed by atoms with Crippen LogP contribution in [0.3, 0.4) is 0 Å². The molecule has 0 aromatic carbocycles. The van der Waals surface area contributed by atoms with Gasteiger partial charge in [-0.1, -0.05) is 0 Å². The summed E-state index contributed by atoms with van der Waals surface area (Å²) in [7, 11) is -3.11. The van der Waals surface area contributed by atoms with Crippen LogP contribution < -0.4 is 16.0 Å². The molecular formula is C51H59N9O27S. The van der Waals surface area contributed by atoms with Crippen LogP contribution in [-0.2, 0) is 126 Å². The Morgan fingerprint density at radius 2 is 0.682 bits per heavy atom. The van der Waals surface area contributed by atoms with Crippen LogP contribution in [0, 0.1) is 0 Å². The fourth-order valence-electron chi connectivity index (χ4n) is 7.40. The van der Waals surface area contributed by atoms with Crippen molar-refractivity contribution in [2.45, 2.75) is 109 Å². The van der Waals surface area contributed by atoms with E-state index in [2.05, 4.69) is 30.5 Å². The number of amides is 15. The van der Waals surface area contributed by atoms with Gasteiger partial charge in [0.2, 0.25) is 17.7 Å². The average molecular weight is 1260 g/mol. The third kappa shape index (κ3) is 26.4. The Bertz CT molecular complexity index is 2940. The highest BCUT2D eigenvalue weighted by atomic mass is 32.2. The van der Waals surface area contributed by atoms with Gasteiger partial charge in [-0.25, -0.2) is 14.4 Å². The summed E-state index contributed by atoms with van der Waals surface area (Å²) in [5.41, 5.74) is 0. The SMILES string of the molecule is O=C(CCC(=O)NCC(=O)CCCC(=O)ON1C(=O)CCC1=O)CNC(=O)CCCN1C(=O)C=CC1=O.O=C(CCCN1C(=O)C=CC1=O)ON1C(=O)CCC1=O.O=C(CCN1C(=O)C=CC1=O)NCCOCCC(=O)ON1C(=O)CCC1=O.O=S(=O)=O. The van der Waals surface area contributed by atoms with Crippen molar-refractivity contribution in [3.05, 3.63) is 36.5 Å². The van der Waals surface area contributed by atoms with Crippen molar-refractivity contribution in [2.24, 2.45) is 0 Å². The largest absolute Gasteiger partial charge is 0.425 e. The minimum Gasteiger partial charge on any atom is -0.379 e. The highest BCUT2D eigenvalue weighted by Crippen LogP contribution is 2.16. The van der Waals surface area contributed by atoms with E-state index >= 15 is 0 Å². The van der Waals surface area contributed by atoms with Gasteiger partial charge in [0.1, 0.15) is 0 Å². The standard InChI is InChI=1S/C23H28N4O10.C16H19N3O8.C12H12N2O6.O3S/c28-15(3-1-5-23(36)37-27-21(34)10-11-22(27)35)13-25-18(31)7-6-16(29)14-24-17(30)4-2-12-26-19(32)8-9-20(26)33;20-11(5-8-18-12(21)1-2-13(18)22)17-7-10-26-9-6-16(25)27-19-14(23)3-4-15(19)24;15-8-3-4-9(16)13(8)7-1-2-12(19)20-14-10(17)5-6-11(14)18;1-4(2)3/h8-9H,1-7,10-14H2,(H,24,30)(H,25,31);1-2H,3-10H2,(H,17,20);3-4H,1-2,5-7H2;. The van der Waals surface area contributed by atoms with E-state index in [-0.39, 0.29) is 173 Å². The van der Waals surface area contributed by atoms with Crippen molar-refractivity contribution in [2.75, 3.05) is 52.5 Å². The third-order valence-corrected chi connectivity index (χ3v) is 11.9. The Balaban J connectivity index is 0.000000348. The first-order chi connectivity index (χ1) is 41.7. The minimum atomic E-state index is -3.11. The molecule has 6 rings (SSSR count). The van der Waals surface area contributed by atoms with E-state index in [1.54, 1.807) is 0 Å². The lowest BCUT2D eigenvalue weighted by Gasteiger charge is -2.14. The molecule has 0 bridgehead atoms. The second kappa shape index (κ2) is 37.3. The smallest absolute Gasteiger partial charge is 0.379 e. The molecule has 6 aliphatic heterocycles. The number of imide groups is 6. The van der Waals surface area contributed by atoms with Gasteiger partial charge in [-0.15, -0.1) is 27.8 Å². The second-order valence-corrected chi connectivity index (χ2v) is 18.9. The van der Waals surface area contributed by atoms with Crippen LogP contribution in [0.15, 0.2) is 36.5 Å². The molecule has 36 nitrogen and oxygen atoms in total. The molecule has 3 N–H and O–H groups in total. The van der Waals surface area contributed by atoms with Crippen LogP contribution in [0.1, 0.15) is 109 Å². The first-order valence-corrected chi connectivity index (χ1v) is 27.7. The molecule has 37 heteroatoms. The van der Waals surface area contributed by atoms with Gasteiger partial charge in [0.05, 0.1) is 32.7 Å². The molecule has 0 atom stereocenters. The number of carbonyl (C=O) groups is 20. The third-order valence-electron chi connectivity index (χ3n) is 11.9. The van der Waals surface area contributed by atoms with Gasteiger partial charge in [-0.2, -0.15) is 0 Å². The summed E-state index contributed by atoms with van der Waals surface area (Å²) in [6, 6.07) is 0. The second-order valence-electron chi connectivity index (χ2n) is 18.5. The highest BCUT2D eigenvalue weighted by Gasteiger charge is 2.35. The average Bonchev–Trinajstić information content (AvgIpc) is 4.45. The summed E-state index contributed by atoms with van der Waals surface area (Å²) in [6.45, 7) is -0.0962. The molecule has 0 spiro atoms. The number of ketones is 2. The quantitative estimate of drug-likeness (QED) is 0.0434. The monoisotopic (exact) mass is 1260 g/mol. The Kier molecular flexibility index (Phi) is 30.5. The normalized spacial score (nSPS) is 15.7. The Hall–Kier alpha value is -10.2. The summed E-state index contributed by atoms with van der Waals surface area (Å²) >= 11 is 0. The molecule has 0 saturated carbocycles. The van der Waals surface area contributed by atoms with Gasteiger partial charge in [0, 0.05) is 146 Å². The molecule has 0 radical (unpaired) electrons. The zero-order chi connectivity index (χ0) is 65.5. The zero-order valence-corrected chi connectivity index (χ0v) is 47.6. The van der Waals surface area contributed by atoms with Crippen LogP contribution in [0.25, 0.3) is 0 Å². The van der Waals surface area contributed by atoms with E-state index in [9.17, 15) is 95.9 Å². The molecule has 476 valence electrons. The van der Waals surface area contributed by atoms with E-state index < -0.39 is 117 Å². The van der Waals surface area contributed by atoms with E-state index in [1.165, 1.54) is 0 Å². The van der Waals surface area contributed by atoms with Crippen LogP contribution in [0.5, 0.6) is 0 Å².